The first-order chi connectivity index (χ1) is 7.79. The van der Waals surface area contributed by atoms with Crippen LogP contribution in [-0.2, 0) is 13.6 Å². The molecule has 1 N–H and O–H groups in total. The van der Waals surface area contributed by atoms with Crippen molar-refractivity contribution in [3.8, 4) is 5.88 Å². The molecule has 2 rings (SSSR count). The predicted molar refractivity (Wildman–Crippen MR) is 59.1 cm³/mol. The maximum absolute atomic E-state index is 5.03. The molecule has 2 heterocycles. The van der Waals surface area contributed by atoms with E-state index in [0.29, 0.717) is 12.4 Å². The van der Waals surface area contributed by atoms with Gasteiger partial charge >= 0.3 is 0 Å². The van der Waals surface area contributed by atoms with Crippen molar-refractivity contribution in [2.45, 2.75) is 6.54 Å². The molecule has 0 saturated carbocycles. The van der Waals surface area contributed by atoms with Crippen molar-refractivity contribution in [1.29, 1.82) is 0 Å². The lowest BCUT2D eigenvalue weighted by molar-refractivity contribution is 0.398. The first kappa shape index (κ1) is 10.4. The molecule has 16 heavy (non-hydrogen) atoms. The number of pyridine rings is 1. The number of anilines is 1. The number of nitrogens with zero attached hydrogens (tertiary/aromatic N) is 4. The zero-order valence-corrected chi connectivity index (χ0v) is 9.21. The van der Waals surface area contributed by atoms with Crippen LogP contribution in [0.4, 0.5) is 5.69 Å². The van der Waals surface area contributed by atoms with Gasteiger partial charge in [-0.15, -0.1) is 10.2 Å². The maximum Gasteiger partial charge on any atom is 0.214 e. The maximum atomic E-state index is 5.03. The Labute approximate surface area is 93.3 Å². The molecular weight excluding hydrogens is 206 g/mol. The van der Waals surface area contributed by atoms with Gasteiger partial charge in [-0.25, -0.2) is 4.98 Å². The first-order valence-corrected chi connectivity index (χ1v) is 4.86. The van der Waals surface area contributed by atoms with E-state index in [-0.39, 0.29) is 0 Å². The normalized spacial score (nSPS) is 10.1. The number of nitrogens with one attached hydrogen (secondary N) is 1. The molecule has 0 aliphatic rings. The van der Waals surface area contributed by atoms with Crippen molar-refractivity contribution in [2.24, 2.45) is 7.05 Å². The lowest BCUT2D eigenvalue weighted by atomic mass is 10.4. The average Bonchev–Trinajstić information content (AvgIpc) is 2.72. The Morgan fingerprint density at radius 1 is 1.50 bits per heavy atom. The predicted octanol–water partition coefficient (Wildman–Crippen LogP) is 0.831. The van der Waals surface area contributed by atoms with Crippen molar-refractivity contribution in [3.05, 3.63) is 30.5 Å². The Kier molecular flexibility index (Phi) is 3.00. The van der Waals surface area contributed by atoms with E-state index >= 15 is 0 Å². The lowest BCUT2D eigenvalue weighted by Gasteiger charge is -2.06. The molecule has 0 fully saturated rings. The van der Waals surface area contributed by atoms with Crippen LogP contribution >= 0.6 is 0 Å². The number of hydrogen-bond donors (Lipinski definition) is 1. The van der Waals surface area contributed by atoms with E-state index in [1.807, 2.05) is 23.7 Å². The van der Waals surface area contributed by atoms with E-state index in [1.54, 1.807) is 19.6 Å². The molecule has 2 aromatic rings. The van der Waals surface area contributed by atoms with Crippen LogP contribution in [0.15, 0.2) is 24.7 Å². The fourth-order valence-corrected chi connectivity index (χ4v) is 1.28. The third-order valence-electron chi connectivity index (χ3n) is 2.20. The molecule has 6 heteroatoms. The van der Waals surface area contributed by atoms with E-state index in [2.05, 4.69) is 20.5 Å². The summed E-state index contributed by atoms with van der Waals surface area (Å²) in [5.41, 5.74) is 0.940. The molecule has 0 aliphatic heterocycles. The Balaban J connectivity index is 2.02. The van der Waals surface area contributed by atoms with Gasteiger partial charge in [0.1, 0.15) is 6.33 Å². The monoisotopic (exact) mass is 219 g/mol. The first-order valence-electron chi connectivity index (χ1n) is 4.86. The summed E-state index contributed by atoms with van der Waals surface area (Å²) in [6.45, 7) is 0.615. The number of ether oxygens (including phenoxy) is 1. The summed E-state index contributed by atoms with van der Waals surface area (Å²) in [6, 6.07) is 3.70. The van der Waals surface area contributed by atoms with Crippen LogP contribution in [0.5, 0.6) is 5.88 Å². The lowest BCUT2D eigenvalue weighted by Crippen LogP contribution is -2.05. The zero-order chi connectivity index (χ0) is 11.4. The van der Waals surface area contributed by atoms with Crippen LogP contribution in [0.25, 0.3) is 0 Å². The molecule has 2 aromatic heterocycles. The number of aromatic nitrogens is 4. The molecule has 0 aliphatic carbocycles. The minimum Gasteiger partial charge on any atom is -0.481 e. The topological polar surface area (TPSA) is 64.9 Å². The van der Waals surface area contributed by atoms with Crippen molar-refractivity contribution < 1.29 is 4.74 Å². The fraction of sp³-hybridized carbons (Fsp3) is 0.300. The molecule has 0 spiro atoms. The molecule has 0 saturated heterocycles. The standard InChI is InChI=1S/C10H13N5O/c1-15-7-13-14-9(15)6-12-8-3-4-11-10(5-8)16-2/h3-5,7H,6H2,1-2H3,(H,11,12). The molecule has 0 aromatic carbocycles. The highest BCUT2D eigenvalue weighted by molar-refractivity contribution is 5.44. The minimum atomic E-state index is 0.586. The van der Waals surface area contributed by atoms with E-state index in [4.69, 9.17) is 4.74 Å². The van der Waals surface area contributed by atoms with Crippen LogP contribution in [0.3, 0.4) is 0 Å². The van der Waals surface area contributed by atoms with Crippen molar-refractivity contribution in [2.75, 3.05) is 12.4 Å². The van der Waals surface area contributed by atoms with Crippen LogP contribution in [0.1, 0.15) is 5.82 Å². The molecular formula is C10H13N5O. The van der Waals surface area contributed by atoms with Crippen LogP contribution in [0.2, 0.25) is 0 Å². The van der Waals surface area contributed by atoms with E-state index in [9.17, 15) is 0 Å². The molecule has 0 bridgehead atoms. The number of aryl methyl sites for hydroxylation is 1. The van der Waals surface area contributed by atoms with Gasteiger partial charge in [0.15, 0.2) is 5.82 Å². The SMILES string of the molecule is COc1cc(NCc2nncn2C)ccn1. The summed E-state index contributed by atoms with van der Waals surface area (Å²) in [7, 11) is 3.50. The van der Waals surface area contributed by atoms with Gasteiger partial charge in [-0.05, 0) is 6.07 Å². The van der Waals surface area contributed by atoms with Crippen molar-refractivity contribution >= 4 is 5.69 Å². The molecule has 6 nitrogen and oxygen atoms in total. The quantitative estimate of drug-likeness (QED) is 0.825. The van der Waals surface area contributed by atoms with E-state index in [1.165, 1.54) is 0 Å². The van der Waals surface area contributed by atoms with E-state index < -0.39 is 0 Å². The molecule has 0 unspecified atom stereocenters. The van der Waals surface area contributed by atoms with Crippen LogP contribution in [-0.4, -0.2) is 26.9 Å². The van der Waals surface area contributed by atoms with Gasteiger partial charge in [0.25, 0.3) is 0 Å². The zero-order valence-electron chi connectivity index (χ0n) is 9.21. The summed E-state index contributed by atoms with van der Waals surface area (Å²) < 4.78 is 6.90. The summed E-state index contributed by atoms with van der Waals surface area (Å²) in [4.78, 5) is 4.03. The number of hydrogen-bond acceptors (Lipinski definition) is 5. The van der Waals surface area contributed by atoms with Gasteiger partial charge in [-0.1, -0.05) is 0 Å². The van der Waals surface area contributed by atoms with Crippen LogP contribution < -0.4 is 10.1 Å². The smallest absolute Gasteiger partial charge is 0.214 e. The molecule has 0 amide bonds. The summed E-state index contributed by atoms with van der Waals surface area (Å²) in [5.74, 6) is 1.46. The van der Waals surface area contributed by atoms with Crippen molar-refractivity contribution in [1.82, 2.24) is 19.7 Å². The van der Waals surface area contributed by atoms with Gasteiger partial charge in [0.2, 0.25) is 5.88 Å². The van der Waals surface area contributed by atoms with Gasteiger partial charge in [0.05, 0.1) is 13.7 Å². The summed E-state index contributed by atoms with van der Waals surface area (Å²) in [6.07, 6.45) is 3.36. The Morgan fingerprint density at radius 3 is 3.06 bits per heavy atom. The average molecular weight is 219 g/mol. The second kappa shape index (κ2) is 4.61. The molecule has 0 atom stereocenters. The van der Waals surface area contributed by atoms with Gasteiger partial charge in [0, 0.05) is 25.0 Å². The van der Waals surface area contributed by atoms with E-state index in [0.717, 1.165) is 11.5 Å². The number of rotatable bonds is 4. The van der Waals surface area contributed by atoms with Gasteiger partial charge in [-0.2, -0.15) is 0 Å². The second-order valence-electron chi connectivity index (χ2n) is 3.30. The highest BCUT2D eigenvalue weighted by atomic mass is 16.5. The fourth-order valence-electron chi connectivity index (χ4n) is 1.28. The largest absolute Gasteiger partial charge is 0.481 e. The minimum absolute atomic E-state index is 0.586. The third-order valence-corrected chi connectivity index (χ3v) is 2.20. The number of methoxy groups -OCH3 is 1. The molecule has 84 valence electrons. The van der Waals surface area contributed by atoms with Gasteiger partial charge < -0.3 is 14.6 Å². The second-order valence-corrected chi connectivity index (χ2v) is 3.30. The Hall–Kier alpha value is -2.11. The molecule has 0 radical (unpaired) electrons. The van der Waals surface area contributed by atoms with Crippen molar-refractivity contribution in [3.63, 3.8) is 0 Å². The van der Waals surface area contributed by atoms with Gasteiger partial charge in [-0.3, -0.25) is 0 Å². The summed E-state index contributed by atoms with van der Waals surface area (Å²) >= 11 is 0. The Morgan fingerprint density at radius 2 is 2.38 bits per heavy atom. The Bertz CT molecular complexity index is 468. The highest BCUT2D eigenvalue weighted by Gasteiger charge is 2.01. The third kappa shape index (κ3) is 2.28. The van der Waals surface area contributed by atoms with Crippen LogP contribution in [0, 0.1) is 0 Å². The summed E-state index contributed by atoms with van der Waals surface area (Å²) in [5, 5.41) is 11.0. The highest BCUT2D eigenvalue weighted by Crippen LogP contribution is 2.13.